The van der Waals surface area contributed by atoms with Crippen molar-refractivity contribution in [2.45, 2.75) is 19.4 Å². The van der Waals surface area contributed by atoms with Crippen LogP contribution >= 0.6 is 0 Å². The van der Waals surface area contributed by atoms with Crippen molar-refractivity contribution >= 4 is 5.91 Å². The molecule has 1 unspecified atom stereocenters. The smallest absolute Gasteiger partial charge is 0.237 e. The van der Waals surface area contributed by atoms with E-state index >= 15 is 0 Å². The second-order valence-corrected chi connectivity index (χ2v) is 3.97. The zero-order valence-electron chi connectivity index (χ0n) is 10.4. The van der Waals surface area contributed by atoms with Crippen molar-refractivity contribution in [3.05, 3.63) is 35.6 Å². The number of terminal acetylenes is 1. The van der Waals surface area contributed by atoms with Gasteiger partial charge in [0.1, 0.15) is 5.82 Å². The van der Waals surface area contributed by atoms with E-state index in [0.717, 1.165) is 12.0 Å². The molecule has 4 heteroatoms. The van der Waals surface area contributed by atoms with E-state index in [4.69, 9.17) is 6.42 Å². The molecule has 0 radical (unpaired) electrons. The van der Waals surface area contributed by atoms with E-state index in [-0.39, 0.29) is 24.3 Å². The minimum absolute atomic E-state index is 0.118. The van der Waals surface area contributed by atoms with Gasteiger partial charge >= 0.3 is 0 Å². The summed E-state index contributed by atoms with van der Waals surface area (Å²) in [5.41, 5.74) is 1.03. The van der Waals surface area contributed by atoms with Crippen LogP contribution in [0.4, 0.5) is 4.39 Å². The molecular weight excluding hydrogens is 231 g/mol. The standard InChI is InChI=1S/C14H17FN2O/c1-3-9-17-14(18)11(2)16-10-8-12-4-6-13(15)7-5-12/h1,4-7,11,16H,8-10H2,2H3,(H,17,18). The number of halogens is 1. The molecule has 0 fully saturated rings. The molecule has 1 aromatic rings. The Morgan fingerprint density at radius 3 is 2.72 bits per heavy atom. The Morgan fingerprint density at radius 2 is 2.11 bits per heavy atom. The lowest BCUT2D eigenvalue weighted by Crippen LogP contribution is -2.42. The minimum atomic E-state index is -0.293. The number of hydrogen-bond acceptors (Lipinski definition) is 2. The van der Waals surface area contributed by atoms with Gasteiger partial charge in [0.25, 0.3) is 0 Å². The summed E-state index contributed by atoms with van der Waals surface area (Å²) >= 11 is 0. The van der Waals surface area contributed by atoms with E-state index in [1.54, 1.807) is 19.1 Å². The Balaban J connectivity index is 2.27. The molecule has 0 aromatic heterocycles. The number of nitrogens with one attached hydrogen (secondary N) is 2. The van der Waals surface area contributed by atoms with Gasteiger partial charge in [0.05, 0.1) is 12.6 Å². The Hall–Kier alpha value is -1.86. The Bertz CT molecular complexity index is 422. The van der Waals surface area contributed by atoms with Gasteiger partial charge in [0.15, 0.2) is 0 Å². The molecule has 1 aromatic carbocycles. The predicted octanol–water partition coefficient (Wildman–Crippen LogP) is 1.10. The van der Waals surface area contributed by atoms with Gasteiger partial charge in [0, 0.05) is 0 Å². The van der Waals surface area contributed by atoms with Gasteiger partial charge in [-0.15, -0.1) is 6.42 Å². The van der Waals surface area contributed by atoms with Crippen molar-refractivity contribution in [2.24, 2.45) is 0 Å². The quantitative estimate of drug-likeness (QED) is 0.740. The van der Waals surface area contributed by atoms with Gasteiger partial charge in [0.2, 0.25) is 5.91 Å². The van der Waals surface area contributed by atoms with Gasteiger partial charge in [-0.25, -0.2) is 4.39 Å². The molecule has 3 nitrogen and oxygen atoms in total. The summed E-state index contributed by atoms with van der Waals surface area (Å²) in [5, 5.41) is 5.68. The average Bonchev–Trinajstić information content (AvgIpc) is 2.38. The SMILES string of the molecule is C#CCNC(=O)C(C)NCCc1ccc(F)cc1. The van der Waals surface area contributed by atoms with Crippen LogP contribution in [0.5, 0.6) is 0 Å². The maximum Gasteiger partial charge on any atom is 0.237 e. The summed E-state index contributed by atoms with van der Waals surface area (Å²) in [6.45, 7) is 2.66. The molecule has 1 amide bonds. The lowest BCUT2D eigenvalue weighted by atomic mass is 10.1. The van der Waals surface area contributed by atoms with Crippen molar-refractivity contribution in [1.82, 2.24) is 10.6 Å². The number of carbonyl (C=O) groups is 1. The van der Waals surface area contributed by atoms with Crippen molar-refractivity contribution < 1.29 is 9.18 Å². The van der Waals surface area contributed by atoms with E-state index in [9.17, 15) is 9.18 Å². The summed E-state index contributed by atoms with van der Waals surface area (Å²) in [6.07, 6.45) is 5.79. The highest BCUT2D eigenvalue weighted by atomic mass is 19.1. The molecule has 2 N–H and O–H groups in total. The highest BCUT2D eigenvalue weighted by Gasteiger charge is 2.10. The monoisotopic (exact) mass is 248 g/mol. The molecule has 0 aliphatic rings. The topological polar surface area (TPSA) is 41.1 Å². The number of hydrogen-bond donors (Lipinski definition) is 2. The predicted molar refractivity (Wildman–Crippen MR) is 69.4 cm³/mol. The fourth-order valence-corrected chi connectivity index (χ4v) is 1.47. The van der Waals surface area contributed by atoms with E-state index < -0.39 is 0 Å². The molecule has 0 saturated carbocycles. The summed E-state index contributed by atoms with van der Waals surface area (Å²) in [4.78, 5) is 11.5. The highest BCUT2D eigenvalue weighted by Crippen LogP contribution is 2.02. The fraction of sp³-hybridized carbons (Fsp3) is 0.357. The third-order valence-corrected chi connectivity index (χ3v) is 2.54. The summed E-state index contributed by atoms with van der Waals surface area (Å²) < 4.78 is 12.7. The van der Waals surface area contributed by atoms with Crippen molar-refractivity contribution in [1.29, 1.82) is 0 Å². The van der Waals surface area contributed by atoms with E-state index in [2.05, 4.69) is 16.6 Å². The van der Waals surface area contributed by atoms with Crippen molar-refractivity contribution in [2.75, 3.05) is 13.1 Å². The summed E-state index contributed by atoms with van der Waals surface area (Å²) in [7, 11) is 0. The zero-order valence-corrected chi connectivity index (χ0v) is 10.4. The van der Waals surface area contributed by atoms with Gasteiger partial charge in [-0.1, -0.05) is 18.1 Å². The van der Waals surface area contributed by atoms with E-state index in [0.29, 0.717) is 6.54 Å². The lowest BCUT2D eigenvalue weighted by molar-refractivity contribution is -0.122. The van der Waals surface area contributed by atoms with Gasteiger partial charge in [-0.2, -0.15) is 0 Å². The van der Waals surface area contributed by atoms with Crippen molar-refractivity contribution in [3.8, 4) is 12.3 Å². The summed E-state index contributed by atoms with van der Waals surface area (Å²) in [6, 6.07) is 6.04. The fourth-order valence-electron chi connectivity index (χ4n) is 1.47. The molecule has 1 atom stereocenters. The Morgan fingerprint density at radius 1 is 1.44 bits per heavy atom. The molecule has 0 spiro atoms. The molecule has 18 heavy (non-hydrogen) atoms. The molecule has 0 saturated heterocycles. The third kappa shape index (κ3) is 4.98. The second kappa shape index (κ2) is 7.46. The van der Waals surface area contributed by atoms with Gasteiger partial charge in [-0.05, 0) is 37.6 Å². The molecule has 0 bridgehead atoms. The Labute approximate surface area is 107 Å². The average molecular weight is 248 g/mol. The summed E-state index contributed by atoms with van der Waals surface area (Å²) in [5.74, 6) is 1.99. The van der Waals surface area contributed by atoms with Crippen LogP contribution in [0.2, 0.25) is 0 Å². The highest BCUT2D eigenvalue weighted by molar-refractivity contribution is 5.81. The largest absolute Gasteiger partial charge is 0.344 e. The molecule has 96 valence electrons. The number of rotatable bonds is 6. The third-order valence-electron chi connectivity index (χ3n) is 2.54. The molecule has 0 aliphatic heterocycles. The second-order valence-electron chi connectivity index (χ2n) is 3.97. The van der Waals surface area contributed by atoms with Crippen LogP contribution in [0.15, 0.2) is 24.3 Å². The first-order valence-corrected chi connectivity index (χ1v) is 5.82. The maximum absolute atomic E-state index is 12.7. The number of carbonyl (C=O) groups excluding carboxylic acids is 1. The first-order chi connectivity index (χ1) is 8.63. The lowest BCUT2D eigenvalue weighted by Gasteiger charge is -2.12. The zero-order chi connectivity index (χ0) is 13.4. The maximum atomic E-state index is 12.7. The minimum Gasteiger partial charge on any atom is -0.344 e. The molecular formula is C14H17FN2O. The molecule has 0 heterocycles. The van der Waals surface area contributed by atoms with Crippen LogP contribution in [-0.4, -0.2) is 25.0 Å². The molecule has 0 aliphatic carbocycles. The molecule has 1 rings (SSSR count). The van der Waals surface area contributed by atoms with Crippen LogP contribution < -0.4 is 10.6 Å². The van der Waals surface area contributed by atoms with Crippen LogP contribution in [-0.2, 0) is 11.2 Å². The van der Waals surface area contributed by atoms with Crippen LogP contribution in [0.25, 0.3) is 0 Å². The van der Waals surface area contributed by atoms with Gasteiger partial charge in [-0.3, -0.25) is 4.79 Å². The van der Waals surface area contributed by atoms with E-state index in [1.807, 2.05) is 0 Å². The number of benzene rings is 1. The first kappa shape index (κ1) is 14.2. The first-order valence-electron chi connectivity index (χ1n) is 5.82. The number of amides is 1. The van der Waals surface area contributed by atoms with Crippen molar-refractivity contribution in [3.63, 3.8) is 0 Å². The Kier molecular flexibility index (Phi) is 5.89. The van der Waals surface area contributed by atoms with E-state index in [1.165, 1.54) is 12.1 Å². The van der Waals surface area contributed by atoms with Crippen LogP contribution in [0, 0.1) is 18.2 Å². The van der Waals surface area contributed by atoms with Gasteiger partial charge < -0.3 is 10.6 Å². The normalized spacial score (nSPS) is 11.6. The van der Waals surface area contributed by atoms with Crippen LogP contribution in [0.3, 0.4) is 0 Å². The van der Waals surface area contributed by atoms with Crippen LogP contribution in [0.1, 0.15) is 12.5 Å².